The largest absolute Gasteiger partial charge is 0.462 e. The van der Waals surface area contributed by atoms with E-state index in [1.165, 1.54) is 6.92 Å². The molecule has 1 aliphatic heterocycles. The van der Waals surface area contributed by atoms with E-state index in [4.69, 9.17) is 14.2 Å². The summed E-state index contributed by atoms with van der Waals surface area (Å²) in [6.07, 6.45) is -1.78. The van der Waals surface area contributed by atoms with Crippen LogP contribution in [0.2, 0.25) is 0 Å². The van der Waals surface area contributed by atoms with Gasteiger partial charge in [-0.1, -0.05) is 34.3 Å². The second kappa shape index (κ2) is 7.17. The van der Waals surface area contributed by atoms with Crippen molar-refractivity contribution < 1.29 is 33.7 Å². The Morgan fingerprint density at radius 3 is 2.50 bits per heavy atom. The average molecular weight is 394 g/mol. The molecule has 3 fully saturated rings. The Morgan fingerprint density at radius 1 is 1.29 bits per heavy atom. The Kier molecular flexibility index (Phi) is 5.34. The fourth-order valence-corrected chi connectivity index (χ4v) is 5.51. The molecule has 0 radical (unpaired) electrons. The molecule has 156 valence electrons. The van der Waals surface area contributed by atoms with Gasteiger partial charge in [-0.05, 0) is 12.3 Å². The fourth-order valence-electron chi connectivity index (χ4n) is 5.51. The highest BCUT2D eigenvalue weighted by Crippen LogP contribution is 2.58. The van der Waals surface area contributed by atoms with Crippen LogP contribution in [-0.4, -0.2) is 47.4 Å². The number of carbonyl (C=O) groups excluding carboxylic acids is 3. The van der Waals surface area contributed by atoms with Crippen molar-refractivity contribution in [1.82, 2.24) is 0 Å². The van der Waals surface area contributed by atoms with Crippen LogP contribution in [0, 0.1) is 29.1 Å². The molecule has 1 saturated heterocycles. The standard InChI is InChI=1S/C21H30O7/c1-9(2)19(24)28-14-8-15(26-12(5)22)21(6)17(14)10(3)7-13-16(18(21)23)11(4)20(25)27-13/h9-10,13-18,23H,4,7-8H2,1-3,5-6H3/t10-,13+,14+,15-,16-,17-,18-,21-/m1/s1. The third kappa shape index (κ3) is 3.13. The van der Waals surface area contributed by atoms with Crippen molar-refractivity contribution in [3.8, 4) is 0 Å². The monoisotopic (exact) mass is 394 g/mol. The molecule has 2 aliphatic carbocycles. The molecule has 8 atom stereocenters. The molecule has 0 bridgehead atoms. The van der Waals surface area contributed by atoms with E-state index in [1.54, 1.807) is 13.8 Å². The summed E-state index contributed by atoms with van der Waals surface area (Å²) >= 11 is 0. The predicted molar refractivity (Wildman–Crippen MR) is 98.8 cm³/mol. The van der Waals surface area contributed by atoms with Gasteiger partial charge in [0.25, 0.3) is 0 Å². The first-order valence-electron chi connectivity index (χ1n) is 9.94. The van der Waals surface area contributed by atoms with Gasteiger partial charge in [-0.2, -0.15) is 0 Å². The smallest absolute Gasteiger partial charge is 0.334 e. The molecule has 3 aliphatic rings. The molecular formula is C21H30O7. The van der Waals surface area contributed by atoms with Crippen LogP contribution in [0.4, 0.5) is 0 Å². The van der Waals surface area contributed by atoms with Crippen molar-refractivity contribution in [2.75, 3.05) is 0 Å². The molecule has 1 N–H and O–H groups in total. The van der Waals surface area contributed by atoms with E-state index < -0.39 is 47.7 Å². The Morgan fingerprint density at radius 2 is 1.93 bits per heavy atom. The van der Waals surface area contributed by atoms with Gasteiger partial charge in [0.2, 0.25) is 0 Å². The lowest BCUT2D eigenvalue weighted by Gasteiger charge is -2.42. The molecule has 7 heteroatoms. The highest BCUT2D eigenvalue weighted by molar-refractivity contribution is 5.91. The maximum atomic E-state index is 12.3. The van der Waals surface area contributed by atoms with Crippen molar-refractivity contribution in [3.05, 3.63) is 12.2 Å². The molecule has 2 saturated carbocycles. The van der Waals surface area contributed by atoms with Gasteiger partial charge in [0.05, 0.1) is 17.9 Å². The summed E-state index contributed by atoms with van der Waals surface area (Å²) in [5.74, 6) is -2.40. The number of rotatable bonds is 3. The van der Waals surface area contributed by atoms with Gasteiger partial charge in [-0.15, -0.1) is 0 Å². The molecular weight excluding hydrogens is 364 g/mol. The van der Waals surface area contributed by atoms with Crippen LogP contribution in [0.15, 0.2) is 12.2 Å². The van der Waals surface area contributed by atoms with Crippen LogP contribution in [-0.2, 0) is 28.6 Å². The van der Waals surface area contributed by atoms with Crippen LogP contribution in [0.1, 0.15) is 47.5 Å². The minimum Gasteiger partial charge on any atom is -0.462 e. The van der Waals surface area contributed by atoms with E-state index in [2.05, 4.69) is 6.58 Å². The first-order valence-corrected chi connectivity index (χ1v) is 9.94. The molecule has 0 amide bonds. The van der Waals surface area contributed by atoms with Gasteiger partial charge >= 0.3 is 17.9 Å². The van der Waals surface area contributed by atoms with E-state index in [-0.39, 0.29) is 29.3 Å². The zero-order valence-electron chi connectivity index (χ0n) is 17.1. The van der Waals surface area contributed by atoms with Gasteiger partial charge in [0.1, 0.15) is 18.3 Å². The summed E-state index contributed by atoms with van der Waals surface area (Å²) in [6.45, 7) is 12.5. The van der Waals surface area contributed by atoms with E-state index in [0.717, 1.165) is 0 Å². The highest BCUT2D eigenvalue weighted by Gasteiger charge is 2.66. The first-order chi connectivity index (χ1) is 13.0. The predicted octanol–water partition coefficient (Wildman–Crippen LogP) is 2.01. The topological polar surface area (TPSA) is 99.1 Å². The lowest BCUT2D eigenvalue weighted by molar-refractivity contribution is -0.164. The third-order valence-electron chi connectivity index (χ3n) is 6.82. The van der Waals surface area contributed by atoms with E-state index in [9.17, 15) is 19.5 Å². The van der Waals surface area contributed by atoms with Gasteiger partial charge < -0.3 is 19.3 Å². The summed E-state index contributed by atoms with van der Waals surface area (Å²) < 4.78 is 16.9. The summed E-state index contributed by atoms with van der Waals surface area (Å²) in [5.41, 5.74) is -0.653. The zero-order chi connectivity index (χ0) is 21.0. The molecule has 0 aromatic heterocycles. The molecule has 0 unspecified atom stereocenters. The Bertz CT molecular complexity index is 699. The lowest BCUT2D eigenvalue weighted by atomic mass is 9.67. The normalized spacial score (nSPS) is 42.5. The van der Waals surface area contributed by atoms with Crippen LogP contribution < -0.4 is 0 Å². The van der Waals surface area contributed by atoms with Crippen LogP contribution in [0.5, 0.6) is 0 Å². The molecule has 7 nitrogen and oxygen atoms in total. The van der Waals surface area contributed by atoms with Gasteiger partial charge in [0, 0.05) is 30.3 Å². The highest BCUT2D eigenvalue weighted by atomic mass is 16.6. The van der Waals surface area contributed by atoms with Crippen molar-refractivity contribution in [2.45, 2.75) is 71.9 Å². The van der Waals surface area contributed by atoms with Crippen LogP contribution in [0.25, 0.3) is 0 Å². The third-order valence-corrected chi connectivity index (χ3v) is 6.82. The van der Waals surface area contributed by atoms with E-state index in [0.29, 0.717) is 12.8 Å². The van der Waals surface area contributed by atoms with Gasteiger partial charge in [-0.3, -0.25) is 9.59 Å². The quantitative estimate of drug-likeness (QED) is 0.444. The number of fused-ring (bicyclic) bond motifs is 2. The van der Waals surface area contributed by atoms with Crippen LogP contribution >= 0.6 is 0 Å². The summed E-state index contributed by atoms with van der Waals surface area (Å²) in [7, 11) is 0. The van der Waals surface area contributed by atoms with Gasteiger partial charge in [-0.25, -0.2) is 4.79 Å². The minimum absolute atomic E-state index is 0.0288. The lowest BCUT2D eigenvalue weighted by Crippen LogP contribution is -2.50. The van der Waals surface area contributed by atoms with Crippen LogP contribution in [0.3, 0.4) is 0 Å². The number of aliphatic hydroxyl groups is 1. The number of aliphatic hydroxyl groups excluding tert-OH is 1. The van der Waals surface area contributed by atoms with E-state index in [1.807, 2.05) is 13.8 Å². The number of esters is 3. The second-order valence-corrected chi connectivity index (χ2v) is 9.01. The fraction of sp³-hybridized carbons (Fsp3) is 0.762. The number of ether oxygens (including phenoxy) is 3. The summed E-state index contributed by atoms with van der Waals surface area (Å²) in [6, 6.07) is 0. The maximum Gasteiger partial charge on any atom is 0.334 e. The molecule has 1 heterocycles. The van der Waals surface area contributed by atoms with Crippen molar-refractivity contribution in [3.63, 3.8) is 0 Å². The molecule has 0 aromatic rings. The van der Waals surface area contributed by atoms with Crippen molar-refractivity contribution in [1.29, 1.82) is 0 Å². The molecule has 3 rings (SSSR count). The minimum atomic E-state index is -1.02. The SMILES string of the molecule is C=C1C(=O)O[C@H]2C[C@@H](C)[C@@H]3[C@@H](OC(=O)C(C)C)C[C@@H](OC(C)=O)[C@@]3(C)[C@H](O)[C@H]12. The Balaban J connectivity index is 2.03. The van der Waals surface area contributed by atoms with Crippen molar-refractivity contribution >= 4 is 17.9 Å². The molecule has 0 aromatic carbocycles. The zero-order valence-corrected chi connectivity index (χ0v) is 17.1. The first kappa shape index (κ1) is 20.8. The number of hydrogen-bond acceptors (Lipinski definition) is 7. The maximum absolute atomic E-state index is 12.3. The number of carbonyl (C=O) groups is 3. The average Bonchev–Trinajstić information content (AvgIpc) is 2.98. The molecule has 28 heavy (non-hydrogen) atoms. The van der Waals surface area contributed by atoms with Crippen molar-refractivity contribution in [2.24, 2.45) is 29.1 Å². The Labute approximate surface area is 165 Å². The van der Waals surface area contributed by atoms with E-state index >= 15 is 0 Å². The second-order valence-electron chi connectivity index (χ2n) is 9.01. The Hall–Kier alpha value is -1.89. The molecule has 0 spiro atoms. The summed E-state index contributed by atoms with van der Waals surface area (Å²) in [4.78, 5) is 36.1. The van der Waals surface area contributed by atoms with Gasteiger partial charge in [0.15, 0.2) is 0 Å². The summed E-state index contributed by atoms with van der Waals surface area (Å²) in [5, 5.41) is 11.4. The number of hydrogen-bond donors (Lipinski definition) is 1.